The highest BCUT2D eigenvalue weighted by Gasteiger charge is 2.22. The fraction of sp³-hybridized carbons (Fsp3) is 0.650. The molecular weight excluding hydrogens is 332 g/mol. The molecule has 6 nitrogen and oxygen atoms in total. The Morgan fingerprint density at radius 3 is 2.38 bits per heavy atom. The summed E-state index contributed by atoms with van der Waals surface area (Å²) >= 11 is 0. The molecule has 0 aromatic heterocycles. The van der Waals surface area contributed by atoms with Crippen molar-refractivity contribution in [3.63, 3.8) is 0 Å². The van der Waals surface area contributed by atoms with Crippen molar-refractivity contribution in [1.29, 1.82) is 0 Å². The van der Waals surface area contributed by atoms with Crippen LogP contribution in [-0.4, -0.2) is 58.4 Å². The summed E-state index contributed by atoms with van der Waals surface area (Å²) in [5.41, 5.74) is 1.11. The van der Waals surface area contributed by atoms with Gasteiger partial charge >= 0.3 is 0 Å². The zero-order valence-corrected chi connectivity index (χ0v) is 16.3. The van der Waals surface area contributed by atoms with E-state index in [1.54, 1.807) is 21.3 Å². The van der Waals surface area contributed by atoms with Gasteiger partial charge in [0.15, 0.2) is 0 Å². The number of hydrogen-bond donors (Lipinski definition) is 1. The summed E-state index contributed by atoms with van der Waals surface area (Å²) in [7, 11) is 5.03. The number of carbonyl (C=O) groups is 1. The van der Waals surface area contributed by atoms with Crippen molar-refractivity contribution < 1.29 is 19.0 Å². The van der Waals surface area contributed by atoms with E-state index in [0.717, 1.165) is 56.0 Å². The third kappa shape index (κ3) is 6.18. The van der Waals surface area contributed by atoms with E-state index < -0.39 is 0 Å². The summed E-state index contributed by atoms with van der Waals surface area (Å²) in [6.07, 6.45) is 3.82. The van der Waals surface area contributed by atoms with Crippen LogP contribution in [-0.2, 0) is 16.1 Å². The smallest absolute Gasteiger partial charge is 0.220 e. The number of nitrogens with zero attached hydrogens (tertiary/aromatic N) is 1. The van der Waals surface area contributed by atoms with Gasteiger partial charge in [0.05, 0.1) is 26.4 Å². The fourth-order valence-corrected chi connectivity index (χ4v) is 3.46. The maximum absolute atomic E-state index is 11.8. The molecule has 1 amide bonds. The quantitative estimate of drug-likeness (QED) is 0.646. The molecule has 1 heterocycles. The zero-order valence-electron chi connectivity index (χ0n) is 16.3. The van der Waals surface area contributed by atoms with E-state index in [-0.39, 0.29) is 5.91 Å². The van der Waals surface area contributed by atoms with Crippen LogP contribution in [0.1, 0.15) is 31.2 Å². The van der Waals surface area contributed by atoms with Gasteiger partial charge in [-0.2, -0.15) is 0 Å². The van der Waals surface area contributed by atoms with Gasteiger partial charge in [-0.05, 0) is 50.4 Å². The second-order valence-electron chi connectivity index (χ2n) is 6.74. The van der Waals surface area contributed by atoms with Crippen LogP contribution in [0.25, 0.3) is 0 Å². The normalized spacial score (nSPS) is 15.7. The van der Waals surface area contributed by atoms with Gasteiger partial charge in [0, 0.05) is 26.6 Å². The molecule has 146 valence electrons. The topological polar surface area (TPSA) is 60.0 Å². The molecule has 0 atom stereocenters. The Kier molecular flexibility index (Phi) is 8.71. The number of hydrogen-bond acceptors (Lipinski definition) is 5. The number of piperidine rings is 1. The van der Waals surface area contributed by atoms with E-state index in [9.17, 15) is 4.79 Å². The highest BCUT2D eigenvalue weighted by atomic mass is 16.5. The number of carbonyl (C=O) groups excluding carboxylic acids is 1. The Labute approximate surface area is 156 Å². The Balaban J connectivity index is 1.76. The van der Waals surface area contributed by atoms with Crippen molar-refractivity contribution in [2.75, 3.05) is 47.6 Å². The van der Waals surface area contributed by atoms with Crippen molar-refractivity contribution in [2.45, 2.75) is 32.2 Å². The summed E-state index contributed by atoms with van der Waals surface area (Å²) in [6, 6.07) is 5.91. The molecule has 0 radical (unpaired) electrons. The monoisotopic (exact) mass is 364 g/mol. The van der Waals surface area contributed by atoms with Crippen molar-refractivity contribution in [1.82, 2.24) is 10.2 Å². The molecule has 1 saturated heterocycles. The summed E-state index contributed by atoms with van der Waals surface area (Å²) in [6.45, 7) is 4.07. The van der Waals surface area contributed by atoms with Gasteiger partial charge in [0.1, 0.15) is 11.5 Å². The first-order valence-electron chi connectivity index (χ1n) is 9.35. The summed E-state index contributed by atoms with van der Waals surface area (Å²) < 4.78 is 15.9. The number of likely N-dealkylation sites (tertiary alicyclic amines) is 1. The van der Waals surface area contributed by atoms with Crippen LogP contribution in [0.15, 0.2) is 18.2 Å². The highest BCUT2D eigenvalue weighted by molar-refractivity contribution is 5.75. The number of rotatable bonds is 10. The molecular formula is C20H32N2O4. The van der Waals surface area contributed by atoms with E-state index in [1.165, 1.54) is 0 Å². The van der Waals surface area contributed by atoms with Gasteiger partial charge in [-0.15, -0.1) is 0 Å². The average Bonchev–Trinajstić information content (AvgIpc) is 2.67. The predicted octanol–water partition coefficient (Wildman–Crippen LogP) is 2.46. The van der Waals surface area contributed by atoms with Crippen LogP contribution in [0, 0.1) is 5.92 Å². The van der Waals surface area contributed by atoms with Gasteiger partial charge in [-0.3, -0.25) is 9.69 Å². The molecule has 26 heavy (non-hydrogen) atoms. The first-order chi connectivity index (χ1) is 12.7. The minimum Gasteiger partial charge on any atom is -0.496 e. The molecule has 0 bridgehead atoms. The minimum absolute atomic E-state index is 0.128. The van der Waals surface area contributed by atoms with Crippen LogP contribution in [0.2, 0.25) is 0 Å². The standard InChI is InChI=1S/C20H32N2O4/c1-24-14-11-21-20(23)8-7-16-9-12-22(13-10-16)15-17-18(25-2)5-4-6-19(17)26-3/h4-6,16H,7-15H2,1-3H3,(H,21,23). The van der Waals surface area contributed by atoms with E-state index in [4.69, 9.17) is 14.2 Å². The Bertz CT molecular complexity index is 534. The van der Waals surface area contributed by atoms with E-state index >= 15 is 0 Å². The number of amides is 1. The van der Waals surface area contributed by atoms with E-state index in [0.29, 0.717) is 25.5 Å². The first kappa shape index (κ1) is 20.5. The second-order valence-corrected chi connectivity index (χ2v) is 6.74. The summed E-state index contributed by atoms with van der Waals surface area (Å²) in [5.74, 6) is 2.50. The second kappa shape index (κ2) is 11.0. The SMILES string of the molecule is COCCNC(=O)CCC1CCN(Cc2c(OC)cccc2OC)CC1. The molecule has 1 aromatic carbocycles. The molecule has 0 saturated carbocycles. The van der Waals surface area contributed by atoms with Crippen molar-refractivity contribution >= 4 is 5.91 Å². The van der Waals surface area contributed by atoms with E-state index in [2.05, 4.69) is 10.2 Å². The lowest BCUT2D eigenvalue weighted by molar-refractivity contribution is -0.121. The third-order valence-electron chi connectivity index (χ3n) is 5.03. The molecule has 6 heteroatoms. The molecule has 0 aliphatic carbocycles. The molecule has 0 unspecified atom stereocenters. The lowest BCUT2D eigenvalue weighted by atomic mass is 9.91. The molecule has 1 aliphatic heterocycles. The number of ether oxygens (including phenoxy) is 3. The maximum Gasteiger partial charge on any atom is 0.220 e. The number of methoxy groups -OCH3 is 3. The maximum atomic E-state index is 11.8. The lowest BCUT2D eigenvalue weighted by Gasteiger charge is -2.32. The lowest BCUT2D eigenvalue weighted by Crippen LogP contribution is -2.34. The largest absolute Gasteiger partial charge is 0.496 e. The summed E-state index contributed by atoms with van der Waals surface area (Å²) in [4.78, 5) is 14.2. The minimum atomic E-state index is 0.128. The molecule has 1 N–H and O–H groups in total. The number of benzene rings is 1. The van der Waals surface area contributed by atoms with Crippen molar-refractivity contribution in [3.05, 3.63) is 23.8 Å². The Morgan fingerprint density at radius 1 is 1.15 bits per heavy atom. The Morgan fingerprint density at radius 2 is 1.81 bits per heavy atom. The Hall–Kier alpha value is -1.79. The average molecular weight is 364 g/mol. The zero-order chi connectivity index (χ0) is 18.8. The van der Waals surface area contributed by atoms with Gasteiger partial charge in [-0.1, -0.05) is 6.07 Å². The third-order valence-corrected chi connectivity index (χ3v) is 5.03. The van der Waals surface area contributed by atoms with Crippen molar-refractivity contribution in [2.24, 2.45) is 5.92 Å². The van der Waals surface area contributed by atoms with Crippen LogP contribution in [0.3, 0.4) is 0 Å². The van der Waals surface area contributed by atoms with Crippen LogP contribution >= 0.6 is 0 Å². The predicted molar refractivity (Wildman–Crippen MR) is 102 cm³/mol. The molecule has 0 spiro atoms. The molecule has 2 rings (SSSR count). The van der Waals surface area contributed by atoms with E-state index in [1.807, 2.05) is 18.2 Å². The van der Waals surface area contributed by atoms with Gasteiger partial charge in [0.25, 0.3) is 0 Å². The van der Waals surface area contributed by atoms with Gasteiger partial charge < -0.3 is 19.5 Å². The van der Waals surface area contributed by atoms with Gasteiger partial charge in [-0.25, -0.2) is 0 Å². The van der Waals surface area contributed by atoms with Crippen LogP contribution in [0.4, 0.5) is 0 Å². The van der Waals surface area contributed by atoms with Crippen LogP contribution < -0.4 is 14.8 Å². The van der Waals surface area contributed by atoms with Crippen LogP contribution in [0.5, 0.6) is 11.5 Å². The van der Waals surface area contributed by atoms with Gasteiger partial charge in [0.2, 0.25) is 5.91 Å². The molecule has 1 fully saturated rings. The first-order valence-corrected chi connectivity index (χ1v) is 9.35. The van der Waals surface area contributed by atoms with Crippen molar-refractivity contribution in [3.8, 4) is 11.5 Å². The summed E-state index contributed by atoms with van der Waals surface area (Å²) in [5, 5.41) is 2.89. The highest BCUT2D eigenvalue weighted by Crippen LogP contribution is 2.31. The molecule has 1 aliphatic rings. The molecule has 1 aromatic rings. The number of nitrogens with one attached hydrogen (secondary N) is 1. The fourth-order valence-electron chi connectivity index (χ4n) is 3.46.